The highest BCUT2D eigenvalue weighted by atomic mass is 35.5. The van der Waals surface area contributed by atoms with Crippen LogP contribution in [0.2, 0.25) is 5.02 Å². The molecule has 0 fully saturated rings. The van der Waals surface area contributed by atoms with Gasteiger partial charge in [0, 0.05) is 12.1 Å². The van der Waals surface area contributed by atoms with Crippen LogP contribution in [0, 0.1) is 11.3 Å². The van der Waals surface area contributed by atoms with Gasteiger partial charge in [-0.3, -0.25) is 0 Å². The van der Waals surface area contributed by atoms with Gasteiger partial charge in [-0.05, 0) is 31.2 Å². The summed E-state index contributed by atoms with van der Waals surface area (Å²) in [5.41, 5.74) is 0. The summed E-state index contributed by atoms with van der Waals surface area (Å²) in [7, 11) is -2.24. The molecule has 0 amide bonds. The Labute approximate surface area is 100 Å². The van der Waals surface area contributed by atoms with Gasteiger partial charge >= 0.3 is 0 Å². The Morgan fingerprint density at radius 3 is 2.31 bits per heavy atom. The van der Waals surface area contributed by atoms with Crippen LogP contribution in [0.25, 0.3) is 0 Å². The molecule has 86 valence electrons. The smallest absolute Gasteiger partial charge is 0.207 e. The normalized spacial score (nSPS) is 13.4. The summed E-state index contributed by atoms with van der Waals surface area (Å²) < 4.78 is 25.0. The average molecular weight is 259 g/mol. The molecule has 0 N–H and O–H groups in total. The number of halogens is 1. The van der Waals surface area contributed by atoms with Gasteiger partial charge in [0.15, 0.2) is 0 Å². The molecule has 0 aliphatic carbocycles. The Bertz CT molecular complexity index is 505. The van der Waals surface area contributed by atoms with Crippen LogP contribution in [-0.4, -0.2) is 25.8 Å². The first-order valence-corrected chi connectivity index (χ1v) is 6.34. The highest BCUT2D eigenvalue weighted by molar-refractivity contribution is 7.89. The predicted octanol–water partition coefficient (Wildman–Crippen LogP) is 1.87. The molecule has 0 saturated heterocycles. The lowest BCUT2D eigenvalue weighted by atomic mass is 10.4. The molecule has 4 nitrogen and oxygen atoms in total. The molecule has 1 aromatic rings. The van der Waals surface area contributed by atoms with Crippen molar-refractivity contribution < 1.29 is 8.42 Å². The average Bonchev–Trinajstić information content (AvgIpc) is 2.27. The van der Waals surface area contributed by atoms with Gasteiger partial charge in [-0.1, -0.05) is 11.6 Å². The largest absolute Gasteiger partial charge is 0.244 e. The van der Waals surface area contributed by atoms with Crippen LogP contribution in [0.5, 0.6) is 0 Å². The summed E-state index contributed by atoms with van der Waals surface area (Å²) in [6, 6.07) is 6.99. The second kappa shape index (κ2) is 4.83. The summed E-state index contributed by atoms with van der Waals surface area (Å²) in [6.45, 7) is 1.52. The number of hydrogen-bond acceptors (Lipinski definition) is 3. The third-order valence-corrected chi connectivity index (χ3v) is 4.42. The van der Waals surface area contributed by atoms with E-state index in [4.69, 9.17) is 16.9 Å². The predicted molar refractivity (Wildman–Crippen MR) is 61.5 cm³/mol. The molecule has 0 saturated carbocycles. The van der Waals surface area contributed by atoms with E-state index in [0.29, 0.717) is 5.02 Å². The van der Waals surface area contributed by atoms with Crippen molar-refractivity contribution in [3.63, 3.8) is 0 Å². The van der Waals surface area contributed by atoms with Gasteiger partial charge in [-0.2, -0.15) is 9.57 Å². The molecular formula is C10H11ClN2O2S. The number of nitriles is 1. The fourth-order valence-corrected chi connectivity index (χ4v) is 2.46. The van der Waals surface area contributed by atoms with Gasteiger partial charge in [0.25, 0.3) is 0 Å². The standard InChI is InChI=1S/C10H11ClN2O2S/c1-8(7-12)13(2)16(14,15)10-5-3-9(11)4-6-10/h3-6,8H,1-2H3. The zero-order valence-corrected chi connectivity index (χ0v) is 10.5. The lowest BCUT2D eigenvalue weighted by molar-refractivity contribution is 0.442. The van der Waals surface area contributed by atoms with Crippen molar-refractivity contribution in [2.45, 2.75) is 17.9 Å². The highest BCUT2D eigenvalue weighted by Crippen LogP contribution is 2.18. The Balaban J connectivity index is 3.13. The molecule has 16 heavy (non-hydrogen) atoms. The monoisotopic (exact) mass is 258 g/mol. The second-order valence-electron chi connectivity index (χ2n) is 3.28. The van der Waals surface area contributed by atoms with Crippen molar-refractivity contribution in [3.8, 4) is 6.07 Å². The van der Waals surface area contributed by atoms with Crippen molar-refractivity contribution in [2.75, 3.05) is 7.05 Å². The maximum absolute atomic E-state index is 12.0. The van der Waals surface area contributed by atoms with E-state index in [0.717, 1.165) is 4.31 Å². The topological polar surface area (TPSA) is 61.2 Å². The Hall–Kier alpha value is -1.09. The van der Waals surface area contributed by atoms with Crippen LogP contribution in [-0.2, 0) is 10.0 Å². The Morgan fingerprint density at radius 2 is 1.88 bits per heavy atom. The van der Waals surface area contributed by atoms with E-state index in [2.05, 4.69) is 0 Å². The number of hydrogen-bond donors (Lipinski definition) is 0. The van der Waals surface area contributed by atoms with Gasteiger partial charge in [0.05, 0.1) is 11.0 Å². The summed E-state index contributed by atoms with van der Waals surface area (Å²) >= 11 is 5.67. The van der Waals surface area contributed by atoms with Crippen molar-refractivity contribution in [1.82, 2.24) is 4.31 Å². The minimum Gasteiger partial charge on any atom is -0.207 e. The van der Waals surface area contributed by atoms with Crippen LogP contribution in [0.3, 0.4) is 0 Å². The van der Waals surface area contributed by atoms with Gasteiger partial charge in [-0.25, -0.2) is 8.42 Å². The maximum Gasteiger partial charge on any atom is 0.244 e. The number of nitrogens with zero attached hydrogens (tertiary/aromatic N) is 2. The van der Waals surface area contributed by atoms with Crippen LogP contribution < -0.4 is 0 Å². The van der Waals surface area contributed by atoms with Crippen LogP contribution in [0.4, 0.5) is 0 Å². The molecule has 0 aliphatic rings. The van der Waals surface area contributed by atoms with Crippen molar-refractivity contribution in [2.24, 2.45) is 0 Å². The van der Waals surface area contributed by atoms with Crippen LogP contribution >= 0.6 is 11.6 Å². The maximum atomic E-state index is 12.0. The molecule has 6 heteroatoms. The highest BCUT2D eigenvalue weighted by Gasteiger charge is 2.24. The van der Waals surface area contributed by atoms with Gasteiger partial charge < -0.3 is 0 Å². The van der Waals surface area contributed by atoms with E-state index in [1.54, 1.807) is 0 Å². The molecule has 1 unspecified atom stereocenters. The molecular weight excluding hydrogens is 248 g/mol. The van der Waals surface area contributed by atoms with Crippen molar-refractivity contribution >= 4 is 21.6 Å². The van der Waals surface area contributed by atoms with E-state index in [1.807, 2.05) is 6.07 Å². The quantitative estimate of drug-likeness (QED) is 0.832. The van der Waals surface area contributed by atoms with Crippen molar-refractivity contribution in [3.05, 3.63) is 29.3 Å². The Morgan fingerprint density at radius 1 is 1.38 bits per heavy atom. The molecule has 1 rings (SSSR count). The first-order chi connectivity index (χ1) is 7.39. The lowest BCUT2D eigenvalue weighted by Crippen LogP contribution is -2.34. The SMILES string of the molecule is CC(C#N)N(C)S(=O)(=O)c1ccc(Cl)cc1. The number of sulfonamides is 1. The van der Waals surface area contributed by atoms with E-state index in [1.165, 1.54) is 38.2 Å². The first kappa shape index (κ1) is 13.0. The second-order valence-corrected chi connectivity index (χ2v) is 5.71. The van der Waals surface area contributed by atoms with E-state index < -0.39 is 16.1 Å². The molecule has 0 heterocycles. The van der Waals surface area contributed by atoms with Crippen LogP contribution in [0.15, 0.2) is 29.2 Å². The van der Waals surface area contributed by atoms with E-state index in [-0.39, 0.29) is 4.90 Å². The van der Waals surface area contributed by atoms with Crippen molar-refractivity contribution in [1.29, 1.82) is 5.26 Å². The van der Waals surface area contributed by atoms with Gasteiger partial charge in [-0.15, -0.1) is 0 Å². The minimum absolute atomic E-state index is 0.126. The van der Waals surface area contributed by atoms with E-state index >= 15 is 0 Å². The van der Waals surface area contributed by atoms with Gasteiger partial charge in [0.1, 0.15) is 6.04 Å². The van der Waals surface area contributed by atoms with Gasteiger partial charge in [0.2, 0.25) is 10.0 Å². The lowest BCUT2D eigenvalue weighted by Gasteiger charge is -2.18. The molecule has 1 atom stereocenters. The summed E-state index contributed by atoms with van der Waals surface area (Å²) in [5, 5.41) is 9.15. The molecule has 0 radical (unpaired) electrons. The third-order valence-electron chi connectivity index (χ3n) is 2.22. The number of benzene rings is 1. The third kappa shape index (κ3) is 2.53. The zero-order chi connectivity index (χ0) is 12.3. The minimum atomic E-state index is -3.61. The molecule has 0 aliphatic heterocycles. The summed E-state index contributed by atoms with van der Waals surface area (Å²) in [4.78, 5) is 0.126. The number of rotatable bonds is 3. The molecule has 0 spiro atoms. The summed E-state index contributed by atoms with van der Waals surface area (Å²) in [5.74, 6) is 0. The Kier molecular flexibility index (Phi) is 3.92. The fraction of sp³-hybridized carbons (Fsp3) is 0.300. The first-order valence-electron chi connectivity index (χ1n) is 4.53. The summed E-state index contributed by atoms with van der Waals surface area (Å²) in [6.07, 6.45) is 0. The van der Waals surface area contributed by atoms with Crippen LogP contribution in [0.1, 0.15) is 6.92 Å². The molecule has 1 aromatic carbocycles. The molecule has 0 bridgehead atoms. The van der Waals surface area contributed by atoms with E-state index in [9.17, 15) is 8.42 Å². The zero-order valence-electron chi connectivity index (χ0n) is 8.88. The molecule has 0 aromatic heterocycles. The fourth-order valence-electron chi connectivity index (χ4n) is 1.06.